The van der Waals surface area contributed by atoms with Gasteiger partial charge in [0.15, 0.2) is 0 Å². The molecule has 0 saturated heterocycles. The van der Waals surface area contributed by atoms with E-state index >= 15 is 0 Å². The summed E-state index contributed by atoms with van der Waals surface area (Å²) in [5.74, 6) is -0.0894. The SMILES string of the molecule is CCC1(NC(=O)C(N)COC)CCC1. The minimum Gasteiger partial charge on any atom is -0.383 e. The maximum atomic E-state index is 11.6. The van der Waals surface area contributed by atoms with Crippen LogP contribution in [0.1, 0.15) is 32.6 Å². The van der Waals surface area contributed by atoms with E-state index in [0.29, 0.717) is 0 Å². The van der Waals surface area contributed by atoms with Crippen LogP contribution in [-0.4, -0.2) is 31.2 Å². The van der Waals surface area contributed by atoms with E-state index in [1.165, 1.54) is 6.42 Å². The van der Waals surface area contributed by atoms with Gasteiger partial charge in [0.25, 0.3) is 0 Å². The zero-order valence-electron chi connectivity index (χ0n) is 9.01. The van der Waals surface area contributed by atoms with Gasteiger partial charge < -0.3 is 15.8 Å². The van der Waals surface area contributed by atoms with E-state index in [1.807, 2.05) is 0 Å². The Labute approximate surface area is 85.2 Å². The van der Waals surface area contributed by atoms with Gasteiger partial charge in [-0.15, -0.1) is 0 Å². The summed E-state index contributed by atoms with van der Waals surface area (Å²) in [6, 6.07) is -0.538. The highest BCUT2D eigenvalue weighted by molar-refractivity contribution is 5.82. The largest absolute Gasteiger partial charge is 0.383 e. The zero-order chi connectivity index (χ0) is 10.6. The van der Waals surface area contributed by atoms with Crippen LogP contribution in [-0.2, 0) is 9.53 Å². The van der Waals surface area contributed by atoms with E-state index in [1.54, 1.807) is 7.11 Å². The first-order valence-electron chi connectivity index (χ1n) is 5.20. The molecular formula is C10H20N2O2. The Morgan fingerprint density at radius 1 is 1.64 bits per heavy atom. The maximum absolute atomic E-state index is 11.6. The molecule has 0 heterocycles. The molecule has 82 valence electrons. The van der Waals surface area contributed by atoms with Gasteiger partial charge in [0.2, 0.25) is 5.91 Å². The predicted octanol–water partition coefficient (Wildman–Crippen LogP) is 0.409. The number of hydrogen-bond donors (Lipinski definition) is 2. The number of nitrogens with two attached hydrogens (primary N) is 1. The summed E-state index contributed by atoms with van der Waals surface area (Å²) in [6.45, 7) is 2.38. The first-order valence-corrected chi connectivity index (χ1v) is 5.20. The Morgan fingerprint density at radius 3 is 2.64 bits per heavy atom. The molecule has 4 heteroatoms. The standard InChI is InChI=1S/C10H20N2O2/c1-3-10(5-4-6-10)12-9(13)8(11)7-14-2/h8H,3-7,11H2,1-2H3,(H,12,13). The highest BCUT2D eigenvalue weighted by Gasteiger charge is 2.37. The number of carbonyl (C=O) groups is 1. The van der Waals surface area contributed by atoms with Crippen LogP contribution in [0.25, 0.3) is 0 Å². The van der Waals surface area contributed by atoms with Crippen LogP contribution in [0.5, 0.6) is 0 Å². The average molecular weight is 200 g/mol. The van der Waals surface area contributed by atoms with Crippen molar-refractivity contribution >= 4 is 5.91 Å². The molecule has 4 nitrogen and oxygen atoms in total. The van der Waals surface area contributed by atoms with Crippen molar-refractivity contribution in [2.45, 2.75) is 44.2 Å². The fraction of sp³-hybridized carbons (Fsp3) is 0.900. The molecule has 0 radical (unpaired) electrons. The van der Waals surface area contributed by atoms with Crippen LogP contribution >= 0.6 is 0 Å². The summed E-state index contributed by atoms with van der Waals surface area (Å²) in [6.07, 6.45) is 4.34. The van der Waals surface area contributed by atoms with Crippen LogP contribution in [0.15, 0.2) is 0 Å². The number of ether oxygens (including phenoxy) is 1. The number of carbonyl (C=O) groups excluding carboxylic acids is 1. The van der Waals surface area contributed by atoms with Crippen LogP contribution < -0.4 is 11.1 Å². The molecule has 1 fully saturated rings. The van der Waals surface area contributed by atoms with Crippen molar-refractivity contribution in [3.63, 3.8) is 0 Å². The molecule has 1 atom stereocenters. The van der Waals surface area contributed by atoms with E-state index < -0.39 is 6.04 Å². The van der Waals surface area contributed by atoms with Crippen molar-refractivity contribution in [3.05, 3.63) is 0 Å². The number of nitrogens with one attached hydrogen (secondary N) is 1. The normalized spacial score (nSPS) is 21.1. The van der Waals surface area contributed by atoms with E-state index in [2.05, 4.69) is 12.2 Å². The minimum absolute atomic E-state index is 0.0302. The van der Waals surface area contributed by atoms with Gasteiger partial charge >= 0.3 is 0 Å². The highest BCUT2D eigenvalue weighted by Crippen LogP contribution is 2.34. The third kappa shape index (κ3) is 2.45. The van der Waals surface area contributed by atoms with Gasteiger partial charge in [-0.2, -0.15) is 0 Å². The van der Waals surface area contributed by atoms with E-state index in [9.17, 15) is 4.79 Å². The summed E-state index contributed by atoms with van der Waals surface area (Å²) < 4.78 is 4.84. The second kappa shape index (κ2) is 4.75. The zero-order valence-corrected chi connectivity index (χ0v) is 9.01. The molecule has 1 rings (SSSR count). The summed E-state index contributed by atoms with van der Waals surface area (Å²) in [4.78, 5) is 11.6. The van der Waals surface area contributed by atoms with E-state index in [-0.39, 0.29) is 18.1 Å². The Morgan fingerprint density at radius 2 is 2.29 bits per heavy atom. The summed E-state index contributed by atoms with van der Waals surface area (Å²) in [5, 5.41) is 3.02. The molecular weight excluding hydrogens is 180 g/mol. The lowest BCUT2D eigenvalue weighted by Crippen LogP contribution is -2.57. The van der Waals surface area contributed by atoms with Gasteiger partial charge in [-0.3, -0.25) is 4.79 Å². The number of methoxy groups -OCH3 is 1. The molecule has 14 heavy (non-hydrogen) atoms. The van der Waals surface area contributed by atoms with Crippen molar-refractivity contribution < 1.29 is 9.53 Å². The molecule has 0 aromatic heterocycles. The highest BCUT2D eigenvalue weighted by atomic mass is 16.5. The number of rotatable bonds is 5. The van der Waals surface area contributed by atoms with Crippen LogP contribution in [0.3, 0.4) is 0 Å². The van der Waals surface area contributed by atoms with Crippen LogP contribution in [0, 0.1) is 0 Å². The second-order valence-corrected chi connectivity index (χ2v) is 4.04. The molecule has 0 aromatic rings. The fourth-order valence-electron chi connectivity index (χ4n) is 1.78. The first-order chi connectivity index (χ1) is 6.63. The van der Waals surface area contributed by atoms with Crippen LogP contribution in [0.4, 0.5) is 0 Å². The molecule has 3 N–H and O–H groups in total. The van der Waals surface area contributed by atoms with E-state index in [4.69, 9.17) is 10.5 Å². The van der Waals surface area contributed by atoms with Gasteiger partial charge in [0.1, 0.15) is 6.04 Å². The molecule has 0 aliphatic heterocycles. The number of amides is 1. The van der Waals surface area contributed by atoms with Gasteiger partial charge in [-0.1, -0.05) is 6.92 Å². The molecule has 0 bridgehead atoms. The molecule has 1 aliphatic carbocycles. The van der Waals surface area contributed by atoms with Gasteiger partial charge in [0.05, 0.1) is 6.61 Å². The minimum atomic E-state index is -0.538. The fourth-order valence-corrected chi connectivity index (χ4v) is 1.78. The predicted molar refractivity (Wildman–Crippen MR) is 54.9 cm³/mol. The second-order valence-electron chi connectivity index (χ2n) is 4.04. The van der Waals surface area contributed by atoms with Crippen LogP contribution in [0.2, 0.25) is 0 Å². The first kappa shape index (κ1) is 11.5. The lowest BCUT2D eigenvalue weighted by molar-refractivity contribution is -0.126. The average Bonchev–Trinajstić information content (AvgIpc) is 2.11. The monoisotopic (exact) mass is 200 g/mol. The lowest BCUT2D eigenvalue weighted by Gasteiger charge is -2.42. The van der Waals surface area contributed by atoms with Crippen molar-refractivity contribution in [3.8, 4) is 0 Å². The quantitative estimate of drug-likeness (QED) is 0.675. The Kier molecular flexibility index (Phi) is 3.89. The molecule has 1 aliphatic rings. The summed E-state index contributed by atoms with van der Waals surface area (Å²) >= 11 is 0. The molecule has 0 aromatic carbocycles. The summed E-state index contributed by atoms with van der Waals surface area (Å²) in [7, 11) is 1.55. The smallest absolute Gasteiger partial charge is 0.239 e. The lowest BCUT2D eigenvalue weighted by atomic mass is 9.74. The van der Waals surface area contributed by atoms with E-state index in [0.717, 1.165) is 19.3 Å². The summed E-state index contributed by atoms with van der Waals surface area (Å²) in [5.41, 5.74) is 5.66. The van der Waals surface area contributed by atoms with Crippen molar-refractivity contribution in [1.29, 1.82) is 0 Å². The molecule has 0 spiro atoms. The third-order valence-electron chi connectivity index (χ3n) is 3.06. The molecule has 1 amide bonds. The van der Waals surface area contributed by atoms with Gasteiger partial charge in [-0.05, 0) is 25.7 Å². The Bertz CT molecular complexity index is 197. The Balaban J connectivity index is 2.38. The third-order valence-corrected chi connectivity index (χ3v) is 3.06. The van der Waals surface area contributed by atoms with Gasteiger partial charge in [-0.25, -0.2) is 0 Å². The number of hydrogen-bond acceptors (Lipinski definition) is 3. The topological polar surface area (TPSA) is 64.4 Å². The van der Waals surface area contributed by atoms with Crippen molar-refractivity contribution in [1.82, 2.24) is 5.32 Å². The molecule has 1 saturated carbocycles. The van der Waals surface area contributed by atoms with Crippen molar-refractivity contribution in [2.75, 3.05) is 13.7 Å². The van der Waals surface area contributed by atoms with Crippen molar-refractivity contribution in [2.24, 2.45) is 5.73 Å². The maximum Gasteiger partial charge on any atom is 0.239 e. The Hall–Kier alpha value is -0.610. The molecule has 1 unspecified atom stereocenters. The van der Waals surface area contributed by atoms with Gasteiger partial charge in [0, 0.05) is 12.6 Å².